The Labute approximate surface area is 145 Å². The van der Waals surface area contributed by atoms with Crippen LogP contribution in [0.4, 0.5) is 13.2 Å². The molecule has 0 bridgehead atoms. The van der Waals surface area contributed by atoms with Crippen molar-refractivity contribution in [1.82, 2.24) is 5.32 Å². The first-order valence-corrected chi connectivity index (χ1v) is 7.90. The molecule has 0 aromatic heterocycles. The lowest BCUT2D eigenvalue weighted by Crippen LogP contribution is -2.41. The summed E-state index contributed by atoms with van der Waals surface area (Å²) in [4.78, 5) is 12.1. The van der Waals surface area contributed by atoms with Crippen LogP contribution in [0.5, 0.6) is 5.75 Å². The van der Waals surface area contributed by atoms with Gasteiger partial charge in [-0.3, -0.25) is 4.79 Å². The van der Waals surface area contributed by atoms with E-state index in [0.29, 0.717) is 5.46 Å². The highest BCUT2D eigenvalue weighted by molar-refractivity contribution is 6.62. The van der Waals surface area contributed by atoms with Gasteiger partial charge in [0.05, 0.1) is 16.8 Å². The van der Waals surface area contributed by atoms with E-state index in [1.807, 2.05) is 27.7 Å². The van der Waals surface area contributed by atoms with E-state index in [-0.39, 0.29) is 12.1 Å². The lowest BCUT2D eigenvalue weighted by Gasteiger charge is -2.32. The number of hydrogen-bond donors (Lipinski definition) is 1. The largest absolute Gasteiger partial charge is 0.573 e. The van der Waals surface area contributed by atoms with Crippen LogP contribution in [-0.4, -0.2) is 37.1 Å². The van der Waals surface area contributed by atoms with Gasteiger partial charge in [-0.1, -0.05) is 6.07 Å². The lowest BCUT2D eigenvalue weighted by atomic mass is 9.78. The maximum atomic E-state index is 12.6. The summed E-state index contributed by atoms with van der Waals surface area (Å²) in [6.45, 7) is 9.38. The molecule has 1 aliphatic rings. The minimum atomic E-state index is -4.90. The summed E-state index contributed by atoms with van der Waals surface area (Å²) >= 11 is 0. The molecule has 0 spiro atoms. The van der Waals surface area contributed by atoms with Crippen LogP contribution >= 0.6 is 0 Å². The van der Waals surface area contributed by atoms with Crippen molar-refractivity contribution in [2.24, 2.45) is 0 Å². The minimum absolute atomic E-state index is 0.230. The zero-order valence-corrected chi connectivity index (χ0v) is 14.8. The van der Waals surface area contributed by atoms with Crippen LogP contribution in [0, 0.1) is 0 Å². The highest BCUT2D eigenvalue weighted by Crippen LogP contribution is 2.37. The summed E-state index contributed by atoms with van der Waals surface area (Å²) in [6, 6.07) is 3.79. The van der Waals surface area contributed by atoms with Crippen LogP contribution < -0.4 is 15.5 Å². The Balaban J connectivity index is 2.39. The van der Waals surface area contributed by atoms with Gasteiger partial charge >= 0.3 is 13.5 Å². The molecule has 25 heavy (non-hydrogen) atoms. The molecule has 1 heterocycles. The molecule has 1 saturated heterocycles. The normalized spacial score (nSPS) is 19.0. The zero-order valence-electron chi connectivity index (χ0n) is 14.8. The van der Waals surface area contributed by atoms with E-state index in [2.05, 4.69) is 10.1 Å². The smallest absolute Gasteiger partial charge is 0.405 e. The van der Waals surface area contributed by atoms with Crippen LogP contribution in [0.1, 0.15) is 45.0 Å². The summed E-state index contributed by atoms with van der Waals surface area (Å²) in [5, 5.41) is 2.47. The van der Waals surface area contributed by atoms with E-state index in [1.54, 1.807) is 6.92 Å². The number of carbonyl (C=O) groups excluding carboxylic acids is 1. The lowest BCUT2D eigenvalue weighted by molar-refractivity contribution is -0.274. The van der Waals surface area contributed by atoms with Crippen molar-refractivity contribution in [2.75, 3.05) is 6.54 Å². The van der Waals surface area contributed by atoms with Gasteiger partial charge in [-0.2, -0.15) is 0 Å². The van der Waals surface area contributed by atoms with Gasteiger partial charge in [0.2, 0.25) is 0 Å². The molecule has 0 atom stereocenters. The number of benzene rings is 1. The second kappa shape index (κ2) is 6.53. The van der Waals surface area contributed by atoms with Crippen LogP contribution in [-0.2, 0) is 9.31 Å². The quantitative estimate of drug-likeness (QED) is 0.840. The maximum Gasteiger partial charge on any atom is 0.573 e. The number of alkyl halides is 3. The number of amides is 1. The van der Waals surface area contributed by atoms with Gasteiger partial charge in [0.25, 0.3) is 5.91 Å². The fraction of sp³-hybridized carbons (Fsp3) is 0.562. The number of nitrogens with one attached hydrogen (secondary N) is 1. The Morgan fingerprint density at radius 3 is 2.24 bits per heavy atom. The molecular weight excluding hydrogens is 338 g/mol. The molecule has 0 saturated carbocycles. The van der Waals surface area contributed by atoms with Crippen LogP contribution in [0.25, 0.3) is 0 Å². The van der Waals surface area contributed by atoms with Crippen molar-refractivity contribution in [3.63, 3.8) is 0 Å². The molecule has 2 rings (SSSR count). The SMILES string of the molecule is CCNC(=O)c1cc(B2OC(C)(C)C(C)(C)O2)ccc1OC(F)(F)F. The van der Waals surface area contributed by atoms with E-state index in [0.717, 1.165) is 6.07 Å². The molecule has 1 fully saturated rings. The van der Waals surface area contributed by atoms with E-state index < -0.39 is 36.3 Å². The second-order valence-electron chi connectivity index (χ2n) is 6.75. The predicted molar refractivity (Wildman–Crippen MR) is 86.8 cm³/mol. The maximum absolute atomic E-state index is 12.6. The van der Waals surface area contributed by atoms with Crippen molar-refractivity contribution < 1.29 is 32.0 Å². The fourth-order valence-electron chi connectivity index (χ4n) is 2.32. The topological polar surface area (TPSA) is 56.8 Å². The highest BCUT2D eigenvalue weighted by atomic mass is 19.4. The van der Waals surface area contributed by atoms with E-state index in [1.165, 1.54) is 12.1 Å². The molecule has 1 aliphatic heterocycles. The van der Waals surface area contributed by atoms with E-state index in [4.69, 9.17) is 9.31 Å². The molecule has 0 aliphatic carbocycles. The average Bonchev–Trinajstić information content (AvgIpc) is 2.66. The van der Waals surface area contributed by atoms with Gasteiger partial charge in [0.15, 0.2) is 0 Å². The Morgan fingerprint density at radius 2 is 1.76 bits per heavy atom. The van der Waals surface area contributed by atoms with Crippen molar-refractivity contribution in [3.05, 3.63) is 23.8 Å². The van der Waals surface area contributed by atoms with E-state index >= 15 is 0 Å². The first-order valence-electron chi connectivity index (χ1n) is 7.90. The number of rotatable bonds is 4. The Morgan fingerprint density at radius 1 is 1.20 bits per heavy atom. The summed E-state index contributed by atoms with van der Waals surface area (Å²) in [7, 11) is -0.793. The van der Waals surface area contributed by atoms with Crippen LogP contribution in [0.15, 0.2) is 18.2 Å². The standard InChI is InChI=1S/C16H21BF3NO4/c1-6-21-13(22)11-9-10(7-8-12(11)23-16(18,19)20)17-24-14(2,3)15(4,5)25-17/h7-9H,6H2,1-5H3,(H,21,22). The number of carbonyl (C=O) groups is 1. The van der Waals surface area contributed by atoms with Crippen molar-refractivity contribution in [2.45, 2.75) is 52.2 Å². The molecule has 0 unspecified atom stereocenters. The summed E-state index contributed by atoms with van der Waals surface area (Å²) in [5.74, 6) is -1.24. The Kier molecular flexibility index (Phi) is 5.12. The monoisotopic (exact) mass is 359 g/mol. The molecule has 1 N–H and O–H groups in total. The molecule has 1 aromatic carbocycles. The zero-order chi connectivity index (χ0) is 19.0. The summed E-state index contributed by atoms with van der Waals surface area (Å²) in [5.41, 5.74) is -1.00. The molecular formula is C16H21BF3NO4. The molecule has 0 radical (unpaired) electrons. The Bertz CT molecular complexity index is 645. The third-order valence-electron chi connectivity index (χ3n) is 4.34. The second-order valence-corrected chi connectivity index (χ2v) is 6.75. The van der Waals surface area contributed by atoms with Gasteiger partial charge in [0, 0.05) is 6.54 Å². The third kappa shape index (κ3) is 4.27. The summed E-state index contributed by atoms with van der Waals surface area (Å²) < 4.78 is 53.4. The number of hydrogen-bond acceptors (Lipinski definition) is 4. The third-order valence-corrected chi connectivity index (χ3v) is 4.34. The van der Waals surface area contributed by atoms with Gasteiger partial charge in [0.1, 0.15) is 5.75 Å². The molecule has 5 nitrogen and oxygen atoms in total. The van der Waals surface area contributed by atoms with E-state index in [9.17, 15) is 18.0 Å². The van der Waals surface area contributed by atoms with Crippen molar-refractivity contribution >= 4 is 18.5 Å². The highest BCUT2D eigenvalue weighted by Gasteiger charge is 2.51. The first-order chi connectivity index (χ1) is 11.4. The van der Waals surface area contributed by atoms with Crippen molar-refractivity contribution in [1.29, 1.82) is 0 Å². The Hall–Kier alpha value is -1.74. The average molecular weight is 359 g/mol. The van der Waals surface area contributed by atoms with Gasteiger partial charge in [-0.25, -0.2) is 0 Å². The predicted octanol–water partition coefficient (Wildman–Crippen LogP) is 2.63. The first kappa shape index (κ1) is 19.6. The number of ether oxygens (including phenoxy) is 1. The minimum Gasteiger partial charge on any atom is -0.405 e. The van der Waals surface area contributed by atoms with Gasteiger partial charge in [-0.15, -0.1) is 13.2 Å². The molecule has 1 amide bonds. The molecule has 1 aromatic rings. The fourth-order valence-corrected chi connectivity index (χ4v) is 2.32. The summed E-state index contributed by atoms with van der Waals surface area (Å²) in [6.07, 6.45) is -4.90. The van der Waals surface area contributed by atoms with Gasteiger partial charge < -0.3 is 19.4 Å². The van der Waals surface area contributed by atoms with Crippen LogP contribution in [0.3, 0.4) is 0 Å². The van der Waals surface area contributed by atoms with Crippen LogP contribution in [0.2, 0.25) is 0 Å². The molecule has 9 heteroatoms. The van der Waals surface area contributed by atoms with Gasteiger partial charge in [-0.05, 0) is 52.2 Å². The molecule has 138 valence electrons. The van der Waals surface area contributed by atoms with Crippen molar-refractivity contribution in [3.8, 4) is 5.75 Å². The number of halogens is 3.